The molecule has 1 saturated heterocycles. The quantitative estimate of drug-likeness (QED) is 0.646. The Balaban J connectivity index is 1.83. The number of para-hydroxylation sites is 2. The van der Waals surface area contributed by atoms with Gasteiger partial charge in [0, 0.05) is 5.02 Å². The monoisotopic (exact) mass is 327 g/mol. The summed E-state index contributed by atoms with van der Waals surface area (Å²) in [5.74, 6) is -1.09. The number of amides is 4. The molecule has 1 unspecified atom stereocenters. The van der Waals surface area contributed by atoms with Gasteiger partial charge in [0.15, 0.2) is 6.04 Å². The van der Waals surface area contributed by atoms with E-state index in [4.69, 9.17) is 11.6 Å². The number of anilines is 3. The lowest BCUT2D eigenvalue weighted by Gasteiger charge is -2.28. The van der Waals surface area contributed by atoms with Crippen LogP contribution in [0.1, 0.15) is 0 Å². The van der Waals surface area contributed by atoms with E-state index in [0.717, 1.165) is 4.90 Å². The molecule has 7 heteroatoms. The number of halogens is 1. The standard InChI is InChI=1S/C16H10ClN3O3/c17-9-5-7-10(8-6-9)19-15(22)13-14(21)18-11-3-1-2-4-12(11)20(13)16(19)23/h1-8,13H,(H,18,21). The van der Waals surface area contributed by atoms with Crippen molar-refractivity contribution >= 4 is 46.5 Å². The zero-order valence-electron chi connectivity index (χ0n) is 11.7. The number of benzene rings is 2. The van der Waals surface area contributed by atoms with Crippen molar-refractivity contribution in [2.45, 2.75) is 6.04 Å². The molecule has 2 heterocycles. The second-order valence-electron chi connectivity index (χ2n) is 5.21. The summed E-state index contributed by atoms with van der Waals surface area (Å²) >= 11 is 5.84. The van der Waals surface area contributed by atoms with Crippen molar-refractivity contribution in [1.29, 1.82) is 0 Å². The largest absolute Gasteiger partial charge is 0.337 e. The van der Waals surface area contributed by atoms with Gasteiger partial charge in [-0.3, -0.25) is 14.5 Å². The van der Waals surface area contributed by atoms with Crippen LogP contribution in [0.4, 0.5) is 21.9 Å². The number of urea groups is 1. The molecule has 2 aliphatic rings. The molecule has 0 aromatic heterocycles. The van der Waals surface area contributed by atoms with Crippen molar-refractivity contribution in [2.24, 2.45) is 0 Å². The van der Waals surface area contributed by atoms with Gasteiger partial charge < -0.3 is 5.32 Å². The van der Waals surface area contributed by atoms with Crippen molar-refractivity contribution in [1.82, 2.24) is 0 Å². The van der Waals surface area contributed by atoms with Gasteiger partial charge in [0.25, 0.3) is 11.8 Å². The lowest BCUT2D eigenvalue weighted by atomic mass is 10.1. The number of hydrogen-bond acceptors (Lipinski definition) is 3. The van der Waals surface area contributed by atoms with Gasteiger partial charge in [-0.15, -0.1) is 0 Å². The third-order valence-corrected chi connectivity index (χ3v) is 4.12. The van der Waals surface area contributed by atoms with Gasteiger partial charge >= 0.3 is 6.03 Å². The summed E-state index contributed by atoms with van der Waals surface area (Å²) in [7, 11) is 0. The van der Waals surface area contributed by atoms with E-state index < -0.39 is 23.9 Å². The van der Waals surface area contributed by atoms with Crippen molar-refractivity contribution in [3.63, 3.8) is 0 Å². The maximum atomic E-state index is 12.8. The molecule has 4 rings (SSSR count). The Labute approximate surface area is 136 Å². The molecule has 0 spiro atoms. The lowest BCUT2D eigenvalue weighted by molar-refractivity contribution is -0.125. The zero-order valence-corrected chi connectivity index (χ0v) is 12.4. The Morgan fingerprint density at radius 3 is 2.39 bits per heavy atom. The second kappa shape index (κ2) is 4.82. The molecule has 0 aliphatic carbocycles. The van der Waals surface area contributed by atoms with Crippen LogP contribution in [0.15, 0.2) is 48.5 Å². The molecule has 1 fully saturated rings. The minimum absolute atomic E-state index is 0.379. The van der Waals surface area contributed by atoms with Crippen LogP contribution in [0, 0.1) is 0 Å². The Morgan fingerprint density at radius 1 is 0.957 bits per heavy atom. The summed E-state index contributed by atoms with van der Waals surface area (Å²) in [6.45, 7) is 0. The van der Waals surface area contributed by atoms with Gasteiger partial charge in [0.05, 0.1) is 17.1 Å². The molecule has 0 radical (unpaired) electrons. The van der Waals surface area contributed by atoms with E-state index in [9.17, 15) is 14.4 Å². The highest BCUT2D eigenvalue weighted by molar-refractivity contribution is 6.38. The molecule has 2 aromatic rings. The van der Waals surface area contributed by atoms with Crippen LogP contribution < -0.4 is 15.1 Å². The number of carbonyl (C=O) groups is 3. The van der Waals surface area contributed by atoms with Crippen molar-refractivity contribution in [3.8, 4) is 0 Å². The molecule has 23 heavy (non-hydrogen) atoms. The Morgan fingerprint density at radius 2 is 1.65 bits per heavy atom. The highest BCUT2D eigenvalue weighted by Gasteiger charge is 2.53. The molecule has 1 atom stereocenters. The lowest BCUT2D eigenvalue weighted by Crippen LogP contribution is -2.48. The Bertz CT molecular complexity index is 850. The molecule has 0 saturated carbocycles. The summed E-state index contributed by atoms with van der Waals surface area (Å²) in [4.78, 5) is 39.9. The first-order chi connectivity index (χ1) is 11.1. The summed E-state index contributed by atoms with van der Waals surface area (Å²) in [6, 6.07) is 11.4. The first-order valence-corrected chi connectivity index (χ1v) is 7.28. The van der Waals surface area contributed by atoms with E-state index in [1.54, 1.807) is 48.5 Å². The maximum absolute atomic E-state index is 12.8. The number of nitrogens with zero attached hydrogens (tertiary/aromatic N) is 2. The van der Waals surface area contributed by atoms with Crippen LogP contribution in [-0.4, -0.2) is 23.9 Å². The molecule has 2 aromatic carbocycles. The molecule has 4 amide bonds. The number of carbonyl (C=O) groups excluding carboxylic acids is 3. The first kappa shape index (κ1) is 13.8. The predicted octanol–water partition coefficient (Wildman–Crippen LogP) is 2.63. The van der Waals surface area contributed by atoms with Crippen LogP contribution in [-0.2, 0) is 9.59 Å². The minimum atomic E-state index is -1.19. The number of nitrogens with one attached hydrogen (secondary N) is 1. The minimum Gasteiger partial charge on any atom is -0.322 e. The summed E-state index contributed by atoms with van der Waals surface area (Å²) in [6.07, 6.45) is 0. The smallest absolute Gasteiger partial charge is 0.322 e. The molecule has 1 N–H and O–H groups in total. The molecule has 0 bridgehead atoms. The van der Waals surface area contributed by atoms with Gasteiger partial charge in [-0.1, -0.05) is 23.7 Å². The molecule has 6 nitrogen and oxygen atoms in total. The van der Waals surface area contributed by atoms with Crippen molar-refractivity contribution in [2.75, 3.05) is 15.1 Å². The average Bonchev–Trinajstić information content (AvgIpc) is 2.81. The average molecular weight is 328 g/mol. The van der Waals surface area contributed by atoms with E-state index in [2.05, 4.69) is 5.32 Å². The fraction of sp³-hybridized carbons (Fsp3) is 0.0625. The number of fused-ring (bicyclic) bond motifs is 3. The van der Waals surface area contributed by atoms with Crippen LogP contribution in [0.2, 0.25) is 5.02 Å². The normalized spacial score (nSPS) is 19.5. The molecular weight excluding hydrogens is 318 g/mol. The SMILES string of the molecule is O=C1Nc2ccccc2N2C(=O)N(c3ccc(Cl)cc3)C(=O)C12. The summed E-state index contributed by atoms with van der Waals surface area (Å²) in [5, 5.41) is 3.16. The fourth-order valence-corrected chi connectivity index (χ4v) is 2.96. The Kier molecular flexibility index (Phi) is 2.89. The molecular formula is C16H10ClN3O3. The van der Waals surface area contributed by atoms with Crippen LogP contribution in [0.3, 0.4) is 0 Å². The molecule has 114 valence electrons. The number of hydrogen-bond donors (Lipinski definition) is 1. The topological polar surface area (TPSA) is 69.7 Å². The van der Waals surface area contributed by atoms with E-state index in [1.165, 1.54) is 4.90 Å². The third kappa shape index (κ3) is 1.92. The first-order valence-electron chi connectivity index (χ1n) is 6.90. The fourth-order valence-electron chi connectivity index (χ4n) is 2.84. The molecule has 2 aliphatic heterocycles. The zero-order chi connectivity index (χ0) is 16.1. The van der Waals surface area contributed by atoms with Crippen molar-refractivity contribution < 1.29 is 14.4 Å². The second-order valence-corrected chi connectivity index (χ2v) is 5.65. The third-order valence-electron chi connectivity index (χ3n) is 3.86. The predicted molar refractivity (Wildman–Crippen MR) is 85.7 cm³/mol. The van der Waals surface area contributed by atoms with E-state index in [0.29, 0.717) is 22.1 Å². The van der Waals surface area contributed by atoms with Crippen molar-refractivity contribution in [3.05, 3.63) is 53.6 Å². The number of imide groups is 1. The highest BCUT2D eigenvalue weighted by Crippen LogP contribution is 2.38. The van der Waals surface area contributed by atoms with Crippen LogP contribution in [0.5, 0.6) is 0 Å². The van der Waals surface area contributed by atoms with E-state index >= 15 is 0 Å². The van der Waals surface area contributed by atoms with Gasteiger partial charge in [-0.25, -0.2) is 9.69 Å². The van der Waals surface area contributed by atoms with Crippen LogP contribution >= 0.6 is 11.6 Å². The van der Waals surface area contributed by atoms with Crippen LogP contribution in [0.25, 0.3) is 0 Å². The van der Waals surface area contributed by atoms with E-state index in [-0.39, 0.29) is 0 Å². The van der Waals surface area contributed by atoms with Gasteiger partial charge in [0.1, 0.15) is 0 Å². The van der Waals surface area contributed by atoms with Gasteiger partial charge in [-0.2, -0.15) is 0 Å². The number of rotatable bonds is 1. The summed E-state index contributed by atoms with van der Waals surface area (Å²) in [5.41, 5.74) is 1.39. The van der Waals surface area contributed by atoms with E-state index in [1.807, 2.05) is 0 Å². The van der Waals surface area contributed by atoms with Gasteiger partial charge in [-0.05, 0) is 36.4 Å². The summed E-state index contributed by atoms with van der Waals surface area (Å²) < 4.78 is 0. The highest BCUT2D eigenvalue weighted by atomic mass is 35.5. The van der Waals surface area contributed by atoms with Gasteiger partial charge in [0.2, 0.25) is 0 Å². The Hall–Kier alpha value is -2.86. The maximum Gasteiger partial charge on any atom is 0.337 e.